The number of imidazole rings is 1. The first-order chi connectivity index (χ1) is 12.4. The zero-order valence-electron chi connectivity index (χ0n) is 15.5. The average molecular weight is 369 g/mol. The smallest absolute Gasteiger partial charge is 0.233 e. The fraction of sp³-hybridized carbons (Fsp3) is 0.368. The van der Waals surface area contributed by atoms with Crippen molar-refractivity contribution in [2.24, 2.45) is 7.05 Å². The highest BCUT2D eigenvalue weighted by Crippen LogP contribution is 2.20. The number of aryl methyl sites for hydroxylation is 3. The van der Waals surface area contributed by atoms with E-state index in [9.17, 15) is 4.79 Å². The molecular weight excluding hydrogens is 346 g/mol. The molecule has 0 fully saturated rings. The molecule has 3 rings (SSSR count). The van der Waals surface area contributed by atoms with Gasteiger partial charge in [-0.05, 0) is 39.0 Å². The van der Waals surface area contributed by atoms with Crippen LogP contribution in [0.15, 0.2) is 35.5 Å². The van der Waals surface area contributed by atoms with Crippen LogP contribution in [0, 0.1) is 13.8 Å². The highest BCUT2D eigenvalue weighted by Gasteiger charge is 2.16. The Morgan fingerprint density at radius 1 is 1.19 bits per heavy atom. The van der Waals surface area contributed by atoms with Gasteiger partial charge in [0, 0.05) is 31.4 Å². The molecule has 6 nitrogen and oxygen atoms in total. The van der Waals surface area contributed by atoms with Crippen molar-refractivity contribution in [2.45, 2.75) is 37.6 Å². The monoisotopic (exact) mass is 369 g/mol. The predicted octanol–water partition coefficient (Wildman–Crippen LogP) is 2.82. The van der Waals surface area contributed by atoms with Crippen molar-refractivity contribution in [3.63, 3.8) is 0 Å². The average Bonchev–Trinajstić information content (AvgIpc) is 2.90. The molecule has 0 aliphatic heterocycles. The summed E-state index contributed by atoms with van der Waals surface area (Å²) in [6.07, 6.45) is 0.689. The molecule has 0 saturated carbocycles. The Labute approximate surface area is 157 Å². The standard InChI is InChI=1S/C19H23N5OS/c1-12-11-13(2)22-19(21-12)26-14(3)18(25)20-10-9-17-23-15-7-5-6-8-16(15)24(17)4/h5-8,11,14H,9-10H2,1-4H3,(H,20,25). The third-order valence-electron chi connectivity index (χ3n) is 4.14. The van der Waals surface area contributed by atoms with E-state index in [1.54, 1.807) is 0 Å². The highest BCUT2D eigenvalue weighted by atomic mass is 32.2. The van der Waals surface area contributed by atoms with Crippen LogP contribution >= 0.6 is 11.8 Å². The Kier molecular flexibility index (Phi) is 5.56. The summed E-state index contributed by atoms with van der Waals surface area (Å²) in [6, 6.07) is 9.96. The lowest BCUT2D eigenvalue weighted by Gasteiger charge is -2.11. The molecule has 1 aromatic carbocycles. The number of carbonyl (C=O) groups excluding carboxylic acids is 1. The van der Waals surface area contributed by atoms with Crippen LogP contribution in [0.1, 0.15) is 24.1 Å². The maximum Gasteiger partial charge on any atom is 0.233 e. The number of thioether (sulfide) groups is 1. The Morgan fingerprint density at radius 2 is 1.88 bits per heavy atom. The molecule has 0 radical (unpaired) electrons. The van der Waals surface area contributed by atoms with E-state index < -0.39 is 0 Å². The number of para-hydroxylation sites is 2. The number of rotatable bonds is 6. The first-order valence-electron chi connectivity index (χ1n) is 8.61. The fourth-order valence-electron chi connectivity index (χ4n) is 2.82. The summed E-state index contributed by atoms with van der Waals surface area (Å²) in [5.74, 6) is 0.945. The van der Waals surface area contributed by atoms with E-state index in [0.29, 0.717) is 18.1 Å². The number of hydrogen-bond acceptors (Lipinski definition) is 5. The van der Waals surface area contributed by atoms with Crippen LogP contribution in [0.4, 0.5) is 0 Å². The van der Waals surface area contributed by atoms with Crippen LogP contribution in [0.2, 0.25) is 0 Å². The number of nitrogens with zero attached hydrogens (tertiary/aromatic N) is 4. The first kappa shape index (κ1) is 18.4. The van der Waals surface area contributed by atoms with E-state index in [4.69, 9.17) is 0 Å². The zero-order valence-corrected chi connectivity index (χ0v) is 16.3. The maximum absolute atomic E-state index is 12.3. The van der Waals surface area contributed by atoms with Gasteiger partial charge in [-0.2, -0.15) is 0 Å². The van der Waals surface area contributed by atoms with Gasteiger partial charge in [0.25, 0.3) is 0 Å². The summed E-state index contributed by atoms with van der Waals surface area (Å²) >= 11 is 1.38. The van der Waals surface area contributed by atoms with Crippen molar-refractivity contribution >= 4 is 28.7 Å². The van der Waals surface area contributed by atoms with Gasteiger partial charge in [-0.1, -0.05) is 23.9 Å². The molecule has 26 heavy (non-hydrogen) atoms. The molecule has 0 aliphatic rings. The Bertz CT molecular complexity index is 917. The third kappa shape index (κ3) is 4.22. The Hall–Kier alpha value is -2.41. The normalized spacial score (nSPS) is 12.3. The quantitative estimate of drug-likeness (QED) is 0.534. The molecule has 1 unspecified atom stereocenters. The molecule has 136 valence electrons. The first-order valence-corrected chi connectivity index (χ1v) is 9.49. The molecule has 3 aromatic rings. The van der Waals surface area contributed by atoms with Crippen LogP contribution in [-0.2, 0) is 18.3 Å². The van der Waals surface area contributed by atoms with E-state index in [1.165, 1.54) is 11.8 Å². The second-order valence-electron chi connectivity index (χ2n) is 6.31. The topological polar surface area (TPSA) is 72.7 Å². The molecule has 2 heterocycles. The van der Waals surface area contributed by atoms with Gasteiger partial charge >= 0.3 is 0 Å². The van der Waals surface area contributed by atoms with Gasteiger partial charge in [0.05, 0.1) is 16.3 Å². The van der Waals surface area contributed by atoms with E-state index in [2.05, 4.69) is 24.8 Å². The molecule has 7 heteroatoms. The van der Waals surface area contributed by atoms with E-state index in [-0.39, 0.29) is 11.2 Å². The van der Waals surface area contributed by atoms with E-state index in [0.717, 1.165) is 28.2 Å². The lowest BCUT2D eigenvalue weighted by Crippen LogP contribution is -2.33. The Balaban J connectivity index is 1.55. The van der Waals surface area contributed by atoms with Gasteiger partial charge in [0.2, 0.25) is 5.91 Å². The highest BCUT2D eigenvalue weighted by molar-refractivity contribution is 8.00. The van der Waals surface area contributed by atoms with Crippen molar-refractivity contribution in [1.82, 2.24) is 24.8 Å². The zero-order chi connectivity index (χ0) is 18.7. The Morgan fingerprint density at radius 3 is 2.58 bits per heavy atom. The molecule has 1 amide bonds. The second kappa shape index (κ2) is 7.86. The number of nitrogens with one attached hydrogen (secondary N) is 1. The molecule has 0 bridgehead atoms. The van der Waals surface area contributed by atoms with Crippen LogP contribution < -0.4 is 5.32 Å². The third-order valence-corrected chi connectivity index (χ3v) is 5.10. The summed E-state index contributed by atoms with van der Waals surface area (Å²) in [5, 5.41) is 3.37. The minimum Gasteiger partial charge on any atom is -0.355 e. The summed E-state index contributed by atoms with van der Waals surface area (Å²) < 4.78 is 2.07. The largest absolute Gasteiger partial charge is 0.355 e. The molecule has 1 N–H and O–H groups in total. The lowest BCUT2D eigenvalue weighted by atomic mass is 10.3. The van der Waals surface area contributed by atoms with Crippen molar-refractivity contribution in [3.05, 3.63) is 47.5 Å². The molecular formula is C19H23N5OS. The van der Waals surface area contributed by atoms with Gasteiger partial charge in [-0.25, -0.2) is 15.0 Å². The number of aromatic nitrogens is 4. The van der Waals surface area contributed by atoms with Crippen LogP contribution in [0.5, 0.6) is 0 Å². The summed E-state index contributed by atoms with van der Waals surface area (Å²) in [7, 11) is 2.00. The minimum atomic E-state index is -0.253. The van der Waals surface area contributed by atoms with Gasteiger partial charge in [-0.15, -0.1) is 0 Å². The van der Waals surface area contributed by atoms with Gasteiger partial charge in [-0.3, -0.25) is 4.79 Å². The molecule has 1 atom stereocenters. The van der Waals surface area contributed by atoms with E-state index in [1.807, 2.05) is 58.2 Å². The van der Waals surface area contributed by atoms with Gasteiger partial charge in [0.15, 0.2) is 5.16 Å². The summed E-state index contributed by atoms with van der Waals surface area (Å²) in [6.45, 7) is 6.28. The predicted molar refractivity (Wildman–Crippen MR) is 104 cm³/mol. The van der Waals surface area contributed by atoms with E-state index >= 15 is 0 Å². The van der Waals surface area contributed by atoms with Crippen LogP contribution in [-0.4, -0.2) is 37.2 Å². The molecule has 2 aromatic heterocycles. The number of carbonyl (C=O) groups is 1. The summed E-state index contributed by atoms with van der Waals surface area (Å²) in [5.41, 5.74) is 3.90. The van der Waals surface area contributed by atoms with Crippen molar-refractivity contribution < 1.29 is 4.79 Å². The van der Waals surface area contributed by atoms with Crippen LogP contribution in [0.3, 0.4) is 0 Å². The van der Waals surface area contributed by atoms with Crippen molar-refractivity contribution in [2.75, 3.05) is 6.54 Å². The minimum absolute atomic E-state index is 0.0171. The van der Waals surface area contributed by atoms with Crippen LogP contribution in [0.25, 0.3) is 11.0 Å². The number of benzene rings is 1. The maximum atomic E-state index is 12.3. The number of hydrogen-bond donors (Lipinski definition) is 1. The van der Waals surface area contributed by atoms with Crippen molar-refractivity contribution in [1.29, 1.82) is 0 Å². The van der Waals surface area contributed by atoms with Gasteiger partial charge < -0.3 is 9.88 Å². The fourth-order valence-corrected chi connectivity index (χ4v) is 3.72. The molecule has 0 aliphatic carbocycles. The number of fused-ring (bicyclic) bond motifs is 1. The lowest BCUT2D eigenvalue weighted by molar-refractivity contribution is -0.120. The van der Waals surface area contributed by atoms with Gasteiger partial charge in [0.1, 0.15) is 5.82 Å². The van der Waals surface area contributed by atoms with Crippen molar-refractivity contribution in [3.8, 4) is 0 Å². The SMILES string of the molecule is Cc1cc(C)nc(SC(C)C(=O)NCCc2nc3ccccc3n2C)n1. The summed E-state index contributed by atoms with van der Waals surface area (Å²) in [4.78, 5) is 25.7. The number of amides is 1. The second-order valence-corrected chi connectivity index (χ2v) is 7.62. The molecule has 0 saturated heterocycles. The molecule has 0 spiro atoms.